The van der Waals surface area contributed by atoms with E-state index in [0.717, 1.165) is 24.9 Å². The van der Waals surface area contributed by atoms with Gasteiger partial charge in [0.1, 0.15) is 6.61 Å². The highest BCUT2D eigenvalue weighted by Crippen LogP contribution is 2.32. The van der Waals surface area contributed by atoms with Gasteiger partial charge in [-0.25, -0.2) is 0 Å². The predicted molar refractivity (Wildman–Crippen MR) is 87.1 cm³/mol. The molecule has 4 rings (SSSR count). The Morgan fingerprint density at radius 2 is 2.04 bits per heavy atom. The molecule has 1 aliphatic rings. The highest BCUT2D eigenvalue weighted by Gasteiger charge is 2.31. The smallest absolute Gasteiger partial charge is 0.252 e. The van der Waals surface area contributed by atoms with Crippen molar-refractivity contribution in [3.63, 3.8) is 0 Å². The number of rotatable bonds is 6. The number of nitrogens with zero attached hydrogens (tertiary/aromatic N) is 5. The zero-order valence-corrected chi connectivity index (χ0v) is 14.0. The van der Waals surface area contributed by atoms with E-state index in [9.17, 15) is 0 Å². The summed E-state index contributed by atoms with van der Waals surface area (Å²) in [6, 6.07) is 9.90. The van der Waals surface area contributed by atoms with Gasteiger partial charge in [0, 0.05) is 12.7 Å². The summed E-state index contributed by atoms with van der Waals surface area (Å²) in [7, 11) is 1.60. The van der Waals surface area contributed by atoms with Gasteiger partial charge in [-0.05, 0) is 19.4 Å². The minimum Gasteiger partial charge on any atom is -0.375 e. The highest BCUT2D eigenvalue weighted by atomic mass is 16.5. The Bertz CT molecular complexity index is 817. The Hall–Kier alpha value is -2.58. The number of benzene rings is 1. The van der Waals surface area contributed by atoms with Crippen LogP contribution >= 0.6 is 0 Å². The fraction of sp³-hybridized carbons (Fsp3) is 0.412. The van der Waals surface area contributed by atoms with E-state index in [1.54, 1.807) is 7.11 Å². The van der Waals surface area contributed by atoms with Crippen molar-refractivity contribution in [2.24, 2.45) is 0 Å². The molecule has 0 N–H and O–H groups in total. The summed E-state index contributed by atoms with van der Waals surface area (Å²) in [6.07, 6.45) is 2.04. The molecule has 2 aromatic heterocycles. The molecule has 8 heteroatoms. The Labute approximate surface area is 144 Å². The summed E-state index contributed by atoms with van der Waals surface area (Å²) in [4.78, 5) is 11.2. The van der Waals surface area contributed by atoms with E-state index in [1.807, 2.05) is 30.3 Å². The minimum atomic E-state index is 0.0781. The number of hydrogen-bond donors (Lipinski definition) is 0. The first-order valence-electron chi connectivity index (χ1n) is 8.27. The van der Waals surface area contributed by atoms with Crippen molar-refractivity contribution in [2.75, 3.05) is 13.7 Å². The van der Waals surface area contributed by atoms with Crippen LogP contribution in [0.15, 0.2) is 39.4 Å². The van der Waals surface area contributed by atoms with E-state index >= 15 is 0 Å². The Morgan fingerprint density at radius 1 is 1.16 bits per heavy atom. The van der Waals surface area contributed by atoms with Crippen molar-refractivity contribution in [3.8, 4) is 11.4 Å². The van der Waals surface area contributed by atoms with Crippen LogP contribution in [0.1, 0.15) is 36.5 Å². The fourth-order valence-corrected chi connectivity index (χ4v) is 3.09. The molecule has 1 fully saturated rings. The normalized spacial score (nSPS) is 18.0. The summed E-state index contributed by atoms with van der Waals surface area (Å²) in [5.74, 6) is 2.38. The monoisotopic (exact) mass is 341 g/mol. The summed E-state index contributed by atoms with van der Waals surface area (Å²) in [6.45, 7) is 1.84. The lowest BCUT2D eigenvalue weighted by Crippen LogP contribution is -2.23. The molecule has 3 aromatic rings. The molecule has 1 saturated heterocycles. The van der Waals surface area contributed by atoms with Crippen LogP contribution in [0.2, 0.25) is 0 Å². The standard InChI is InChI=1S/C17H19N5O3/c1-23-11-15-18-14(20-24-15)10-22-9-5-8-13(22)17-19-16(21-25-17)12-6-3-2-4-7-12/h2-4,6-7,13H,5,8-11H2,1H3. The lowest BCUT2D eigenvalue weighted by molar-refractivity contribution is 0.151. The first kappa shape index (κ1) is 15.9. The zero-order valence-electron chi connectivity index (χ0n) is 14.0. The van der Waals surface area contributed by atoms with E-state index in [4.69, 9.17) is 13.8 Å². The first-order chi connectivity index (χ1) is 12.3. The van der Waals surface area contributed by atoms with Crippen LogP contribution in [0.5, 0.6) is 0 Å². The number of aromatic nitrogens is 4. The van der Waals surface area contributed by atoms with E-state index in [1.165, 1.54) is 0 Å². The van der Waals surface area contributed by atoms with Crippen molar-refractivity contribution in [2.45, 2.75) is 32.0 Å². The molecule has 1 atom stereocenters. The first-order valence-corrected chi connectivity index (χ1v) is 8.27. The van der Waals surface area contributed by atoms with Crippen LogP contribution in [-0.4, -0.2) is 38.8 Å². The number of likely N-dealkylation sites (tertiary alicyclic amines) is 1. The van der Waals surface area contributed by atoms with Crippen molar-refractivity contribution < 1.29 is 13.8 Å². The van der Waals surface area contributed by atoms with E-state index in [2.05, 4.69) is 25.2 Å². The summed E-state index contributed by atoms with van der Waals surface area (Å²) >= 11 is 0. The molecule has 0 bridgehead atoms. The topological polar surface area (TPSA) is 90.3 Å². The van der Waals surface area contributed by atoms with Crippen molar-refractivity contribution in [1.29, 1.82) is 0 Å². The molecule has 130 valence electrons. The van der Waals surface area contributed by atoms with Crippen LogP contribution < -0.4 is 0 Å². The summed E-state index contributed by atoms with van der Waals surface area (Å²) in [5.41, 5.74) is 0.949. The van der Waals surface area contributed by atoms with Gasteiger partial charge in [-0.3, -0.25) is 4.90 Å². The lowest BCUT2D eigenvalue weighted by Gasteiger charge is -2.19. The Kier molecular flexibility index (Phi) is 4.53. The van der Waals surface area contributed by atoms with Crippen LogP contribution in [0, 0.1) is 0 Å². The molecule has 0 saturated carbocycles. The Balaban J connectivity index is 1.48. The van der Waals surface area contributed by atoms with Gasteiger partial charge in [0.05, 0.1) is 12.6 Å². The van der Waals surface area contributed by atoms with Gasteiger partial charge in [0.15, 0.2) is 5.82 Å². The maximum absolute atomic E-state index is 5.53. The average molecular weight is 341 g/mol. The van der Waals surface area contributed by atoms with Gasteiger partial charge < -0.3 is 13.8 Å². The van der Waals surface area contributed by atoms with Crippen LogP contribution in [-0.2, 0) is 17.9 Å². The molecule has 0 spiro atoms. The number of hydrogen-bond acceptors (Lipinski definition) is 8. The van der Waals surface area contributed by atoms with Gasteiger partial charge >= 0.3 is 0 Å². The molecule has 1 aromatic carbocycles. The fourth-order valence-electron chi connectivity index (χ4n) is 3.09. The molecular formula is C17H19N5O3. The van der Waals surface area contributed by atoms with Crippen molar-refractivity contribution in [3.05, 3.63) is 47.9 Å². The maximum atomic E-state index is 5.53. The SMILES string of the molecule is COCc1nc(CN2CCCC2c2nc(-c3ccccc3)no2)no1. The summed E-state index contributed by atoms with van der Waals surface area (Å²) in [5, 5.41) is 8.13. The number of ether oxygens (including phenoxy) is 1. The third-order valence-corrected chi connectivity index (χ3v) is 4.24. The molecule has 3 heterocycles. The second kappa shape index (κ2) is 7.12. The van der Waals surface area contributed by atoms with Gasteiger partial charge in [0.25, 0.3) is 5.89 Å². The molecule has 0 aliphatic carbocycles. The van der Waals surface area contributed by atoms with Gasteiger partial charge in [-0.2, -0.15) is 9.97 Å². The van der Waals surface area contributed by atoms with Crippen LogP contribution in [0.25, 0.3) is 11.4 Å². The summed E-state index contributed by atoms with van der Waals surface area (Å²) < 4.78 is 15.7. The molecule has 1 aliphatic heterocycles. The van der Waals surface area contributed by atoms with E-state index in [-0.39, 0.29) is 6.04 Å². The maximum Gasteiger partial charge on any atom is 0.252 e. The zero-order chi connectivity index (χ0) is 17.1. The predicted octanol–water partition coefficient (Wildman–Crippen LogP) is 2.60. The molecule has 25 heavy (non-hydrogen) atoms. The molecular weight excluding hydrogens is 322 g/mol. The van der Waals surface area contributed by atoms with Gasteiger partial charge in [-0.1, -0.05) is 40.6 Å². The molecule has 1 unspecified atom stereocenters. The third-order valence-electron chi connectivity index (χ3n) is 4.24. The van der Waals surface area contributed by atoms with Gasteiger partial charge in [0.2, 0.25) is 11.7 Å². The van der Waals surface area contributed by atoms with Crippen LogP contribution in [0.3, 0.4) is 0 Å². The third kappa shape index (κ3) is 3.45. The van der Waals surface area contributed by atoms with Crippen LogP contribution in [0.4, 0.5) is 0 Å². The van der Waals surface area contributed by atoms with E-state index < -0.39 is 0 Å². The lowest BCUT2D eigenvalue weighted by atomic mass is 10.2. The molecule has 0 radical (unpaired) electrons. The second-order valence-corrected chi connectivity index (χ2v) is 5.99. The average Bonchev–Trinajstić information content (AvgIpc) is 3.37. The quantitative estimate of drug-likeness (QED) is 0.676. The van der Waals surface area contributed by atoms with E-state index in [0.29, 0.717) is 36.6 Å². The largest absolute Gasteiger partial charge is 0.375 e. The van der Waals surface area contributed by atoms with Crippen molar-refractivity contribution in [1.82, 2.24) is 25.2 Å². The second-order valence-electron chi connectivity index (χ2n) is 5.99. The van der Waals surface area contributed by atoms with Gasteiger partial charge in [-0.15, -0.1) is 0 Å². The van der Waals surface area contributed by atoms with Crippen molar-refractivity contribution >= 4 is 0 Å². The highest BCUT2D eigenvalue weighted by molar-refractivity contribution is 5.53. The molecule has 8 nitrogen and oxygen atoms in total. The molecule has 0 amide bonds. The Morgan fingerprint density at radius 3 is 2.88 bits per heavy atom. The minimum absolute atomic E-state index is 0.0781. The number of methoxy groups -OCH3 is 1.